The Hall–Kier alpha value is -1.60. The molecule has 20 heavy (non-hydrogen) atoms. The molecular formula is C13H10BrNO4S. The van der Waals surface area contributed by atoms with Crippen LogP contribution in [0.4, 0.5) is 4.79 Å². The summed E-state index contributed by atoms with van der Waals surface area (Å²) in [5, 5.41) is -0.469. The van der Waals surface area contributed by atoms with Crippen molar-refractivity contribution in [3.63, 3.8) is 0 Å². The molecule has 1 aromatic carbocycles. The molecule has 2 amide bonds. The number of hydrogen-bond donors (Lipinski definition) is 0. The summed E-state index contributed by atoms with van der Waals surface area (Å²) in [7, 11) is 1.21. The van der Waals surface area contributed by atoms with E-state index in [4.69, 9.17) is 0 Å². The zero-order valence-electron chi connectivity index (χ0n) is 10.5. The fourth-order valence-corrected chi connectivity index (χ4v) is 2.64. The molecule has 1 aliphatic rings. The largest absolute Gasteiger partial charge is 0.468 e. The Kier molecular flexibility index (Phi) is 4.61. The first-order chi connectivity index (χ1) is 9.51. The van der Waals surface area contributed by atoms with Gasteiger partial charge in [0.05, 0.1) is 12.0 Å². The molecule has 1 fully saturated rings. The average molecular weight is 356 g/mol. The van der Waals surface area contributed by atoms with Crippen LogP contribution in [0.15, 0.2) is 33.6 Å². The minimum absolute atomic E-state index is 0.293. The van der Waals surface area contributed by atoms with E-state index in [2.05, 4.69) is 20.7 Å². The number of hydrogen-bond acceptors (Lipinski definition) is 5. The Balaban J connectivity index is 2.19. The summed E-state index contributed by atoms with van der Waals surface area (Å²) in [6, 6.07) is 7.31. The molecular weight excluding hydrogens is 346 g/mol. The van der Waals surface area contributed by atoms with E-state index in [-0.39, 0.29) is 6.54 Å². The molecule has 0 aromatic heterocycles. The molecule has 0 bridgehead atoms. The number of methoxy groups -OCH3 is 1. The van der Waals surface area contributed by atoms with Gasteiger partial charge in [-0.2, -0.15) is 0 Å². The van der Waals surface area contributed by atoms with Gasteiger partial charge in [0.1, 0.15) is 6.54 Å². The van der Waals surface area contributed by atoms with E-state index in [1.807, 2.05) is 24.3 Å². The Labute approximate surface area is 128 Å². The van der Waals surface area contributed by atoms with Crippen LogP contribution in [0.25, 0.3) is 6.08 Å². The summed E-state index contributed by atoms with van der Waals surface area (Å²) in [4.78, 5) is 36.1. The van der Waals surface area contributed by atoms with Crippen molar-refractivity contribution in [2.75, 3.05) is 13.7 Å². The number of rotatable bonds is 3. The second kappa shape index (κ2) is 6.23. The standard InChI is InChI=1S/C13H10BrNO4S/c1-19-11(16)7-15-12(17)10(20-13(15)18)6-8-2-4-9(14)5-3-8/h2-6H,7H2,1H3/b10-6+. The summed E-state index contributed by atoms with van der Waals surface area (Å²) < 4.78 is 5.38. The Morgan fingerprint density at radius 1 is 1.35 bits per heavy atom. The quantitative estimate of drug-likeness (QED) is 0.616. The number of carbonyl (C=O) groups is 3. The molecule has 0 radical (unpaired) electrons. The average Bonchev–Trinajstić information content (AvgIpc) is 2.69. The van der Waals surface area contributed by atoms with Crippen LogP contribution in [0.2, 0.25) is 0 Å². The van der Waals surface area contributed by atoms with Gasteiger partial charge in [-0.1, -0.05) is 28.1 Å². The molecule has 0 unspecified atom stereocenters. The van der Waals surface area contributed by atoms with Crippen LogP contribution >= 0.6 is 27.7 Å². The maximum Gasteiger partial charge on any atom is 0.325 e. The van der Waals surface area contributed by atoms with Crippen LogP contribution in [-0.4, -0.2) is 35.7 Å². The first-order valence-corrected chi connectivity index (χ1v) is 7.20. The van der Waals surface area contributed by atoms with Crippen molar-refractivity contribution in [3.8, 4) is 0 Å². The summed E-state index contributed by atoms with van der Waals surface area (Å²) >= 11 is 4.13. The fraction of sp³-hybridized carbons (Fsp3) is 0.154. The van der Waals surface area contributed by atoms with Crippen molar-refractivity contribution in [1.82, 2.24) is 4.90 Å². The number of carbonyl (C=O) groups excluding carboxylic acids is 3. The second-order valence-electron chi connectivity index (χ2n) is 3.90. The van der Waals surface area contributed by atoms with Gasteiger partial charge in [-0.3, -0.25) is 19.3 Å². The minimum Gasteiger partial charge on any atom is -0.468 e. The van der Waals surface area contributed by atoms with E-state index in [1.165, 1.54) is 7.11 Å². The molecule has 1 heterocycles. The van der Waals surface area contributed by atoms with Crippen LogP contribution in [0.3, 0.4) is 0 Å². The van der Waals surface area contributed by atoms with Crippen LogP contribution in [-0.2, 0) is 14.3 Å². The lowest BCUT2D eigenvalue weighted by atomic mass is 10.2. The summed E-state index contributed by atoms with van der Waals surface area (Å²) in [5.41, 5.74) is 0.803. The zero-order valence-corrected chi connectivity index (χ0v) is 12.9. The molecule has 0 saturated carbocycles. The fourth-order valence-electron chi connectivity index (χ4n) is 1.54. The van der Waals surface area contributed by atoms with Crippen molar-refractivity contribution in [3.05, 3.63) is 39.2 Å². The maximum absolute atomic E-state index is 12.0. The maximum atomic E-state index is 12.0. The lowest BCUT2D eigenvalue weighted by molar-refractivity contribution is -0.143. The van der Waals surface area contributed by atoms with Crippen molar-refractivity contribution < 1.29 is 19.1 Å². The highest BCUT2D eigenvalue weighted by Gasteiger charge is 2.36. The number of amides is 2. The normalized spacial score (nSPS) is 16.9. The number of imide groups is 1. The van der Waals surface area contributed by atoms with Gasteiger partial charge in [0.25, 0.3) is 11.1 Å². The zero-order chi connectivity index (χ0) is 14.7. The smallest absolute Gasteiger partial charge is 0.325 e. The van der Waals surface area contributed by atoms with Crippen LogP contribution in [0.1, 0.15) is 5.56 Å². The number of benzene rings is 1. The first kappa shape index (κ1) is 14.8. The van der Waals surface area contributed by atoms with E-state index in [9.17, 15) is 14.4 Å². The van der Waals surface area contributed by atoms with Gasteiger partial charge in [0.15, 0.2) is 0 Å². The number of halogens is 1. The molecule has 1 aliphatic heterocycles. The summed E-state index contributed by atoms with van der Waals surface area (Å²) in [6.07, 6.45) is 1.62. The number of thioether (sulfide) groups is 1. The van der Waals surface area contributed by atoms with Crippen LogP contribution in [0, 0.1) is 0 Å². The SMILES string of the molecule is COC(=O)CN1C(=O)S/C(=C/c2ccc(Br)cc2)C1=O. The van der Waals surface area contributed by atoms with Gasteiger partial charge in [0.2, 0.25) is 0 Å². The second-order valence-corrected chi connectivity index (χ2v) is 5.80. The predicted octanol–water partition coefficient (Wildman–Crippen LogP) is 2.66. The Morgan fingerprint density at radius 2 is 2.00 bits per heavy atom. The van der Waals surface area contributed by atoms with Gasteiger partial charge in [-0.15, -0.1) is 0 Å². The predicted molar refractivity (Wildman–Crippen MR) is 78.8 cm³/mol. The van der Waals surface area contributed by atoms with E-state index in [0.717, 1.165) is 26.7 Å². The molecule has 7 heteroatoms. The monoisotopic (exact) mass is 355 g/mol. The van der Waals surface area contributed by atoms with E-state index >= 15 is 0 Å². The third kappa shape index (κ3) is 3.29. The Bertz CT molecular complexity index is 597. The number of ether oxygens (including phenoxy) is 1. The molecule has 0 atom stereocenters. The van der Waals surface area contributed by atoms with E-state index in [0.29, 0.717) is 4.91 Å². The van der Waals surface area contributed by atoms with Gasteiger partial charge in [0, 0.05) is 4.47 Å². The molecule has 0 spiro atoms. The van der Waals surface area contributed by atoms with Crippen molar-refractivity contribution in [1.29, 1.82) is 0 Å². The van der Waals surface area contributed by atoms with E-state index in [1.54, 1.807) is 6.08 Å². The van der Waals surface area contributed by atoms with Crippen LogP contribution in [0.5, 0.6) is 0 Å². The molecule has 0 N–H and O–H groups in total. The molecule has 5 nitrogen and oxygen atoms in total. The molecule has 1 saturated heterocycles. The highest BCUT2D eigenvalue weighted by Crippen LogP contribution is 2.32. The van der Waals surface area contributed by atoms with Gasteiger partial charge in [-0.05, 0) is 35.5 Å². The van der Waals surface area contributed by atoms with Crippen molar-refractivity contribution in [2.24, 2.45) is 0 Å². The first-order valence-electron chi connectivity index (χ1n) is 5.59. The lowest BCUT2D eigenvalue weighted by Crippen LogP contribution is -2.34. The van der Waals surface area contributed by atoms with Crippen molar-refractivity contribution in [2.45, 2.75) is 0 Å². The van der Waals surface area contributed by atoms with Crippen molar-refractivity contribution >= 4 is 50.9 Å². The molecule has 1 aromatic rings. The summed E-state index contributed by atoms with van der Waals surface area (Å²) in [6.45, 7) is -0.362. The highest BCUT2D eigenvalue weighted by atomic mass is 79.9. The number of nitrogens with zero attached hydrogens (tertiary/aromatic N) is 1. The topological polar surface area (TPSA) is 63.7 Å². The lowest BCUT2D eigenvalue weighted by Gasteiger charge is -2.09. The highest BCUT2D eigenvalue weighted by molar-refractivity contribution is 9.10. The third-order valence-electron chi connectivity index (χ3n) is 2.56. The third-order valence-corrected chi connectivity index (χ3v) is 3.99. The van der Waals surface area contributed by atoms with Gasteiger partial charge >= 0.3 is 5.97 Å². The molecule has 104 valence electrons. The molecule has 0 aliphatic carbocycles. The van der Waals surface area contributed by atoms with Crippen LogP contribution < -0.4 is 0 Å². The van der Waals surface area contributed by atoms with E-state index < -0.39 is 17.1 Å². The Morgan fingerprint density at radius 3 is 2.60 bits per heavy atom. The van der Waals surface area contributed by atoms with Gasteiger partial charge in [-0.25, -0.2) is 0 Å². The molecule has 2 rings (SSSR count). The summed E-state index contributed by atoms with van der Waals surface area (Å²) in [5.74, 6) is -1.11. The minimum atomic E-state index is -0.628. The number of esters is 1. The van der Waals surface area contributed by atoms with Gasteiger partial charge < -0.3 is 4.74 Å².